The molecule has 0 fully saturated rings. The SMILES string of the molecule is Cc1cccc(-n2nc([N+](=O)[O-])c(=NC(C)CCc3ccccc3)n2O)c1. The molecular formula is C19H21N5O3. The van der Waals surface area contributed by atoms with E-state index in [0.717, 1.165) is 16.8 Å². The van der Waals surface area contributed by atoms with Gasteiger partial charge in [0.15, 0.2) is 0 Å². The van der Waals surface area contributed by atoms with E-state index < -0.39 is 10.7 Å². The Bertz CT molecular complexity index is 1010. The van der Waals surface area contributed by atoms with Crippen molar-refractivity contribution < 1.29 is 10.1 Å². The second-order valence-corrected chi connectivity index (χ2v) is 6.42. The van der Waals surface area contributed by atoms with Crippen molar-refractivity contribution in [2.45, 2.75) is 32.7 Å². The van der Waals surface area contributed by atoms with Gasteiger partial charge in [0.2, 0.25) is 0 Å². The molecule has 1 aromatic heterocycles. The van der Waals surface area contributed by atoms with Crippen LogP contribution < -0.4 is 5.49 Å². The van der Waals surface area contributed by atoms with Gasteiger partial charge in [0, 0.05) is 0 Å². The number of rotatable bonds is 6. The fourth-order valence-electron chi connectivity index (χ4n) is 2.80. The monoisotopic (exact) mass is 367 g/mol. The lowest BCUT2D eigenvalue weighted by Gasteiger charge is -2.06. The molecule has 0 saturated heterocycles. The first-order valence-corrected chi connectivity index (χ1v) is 8.66. The third-order valence-corrected chi connectivity index (χ3v) is 4.20. The summed E-state index contributed by atoms with van der Waals surface area (Å²) in [4.78, 5) is 16.8. The molecule has 3 rings (SSSR count). The van der Waals surface area contributed by atoms with Crippen molar-refractivity contribution in [1.29, 1.82) is 0 Å². The number of nitro groups is 1. The van der Waals surface area contributed by atoms with E-state index >= 15 is 0 Å². The predicted octanol–water partition coefficient (Wildman–Crippen LogP) is 3.05. The van der Waals surface area contributed by atoms with Crippen LogP contribution in [0, 0.1) is 17.0 Å². The fourth-order valence-corrected chi connectivity index (χ4v) is 2.80. The fraction of sp³-hybridized carbons (Fsp3) is 0.263. The average Bonchev–Trinajstić information content (AvgIpc) is 2.98. The third-order valence-electron chi connectivity index (χ3n) is 4.20. The number of nitrogens with zero attached hydrogens (tertiary/aromatic N) is 5. The van der Waals surface area contributed by atoms with E-state index in [1.807, 2.05) is 50.2 Å². The Labute approximate surface area is 156 Å². The van der Waals surface area contributed by atoms with E-state index in [2.05, 4.69) is 10.1 Å². The first-order valence-electron chi connectivity index (χ1n) is 8.66. The Morgan fingerprint density at radius 3 is 2.63 bits per heavy atom. The van der Waals surface area contributed by atoms with E-state index in [1.54, 1.807) is 18.2 Å². The van der Waals surface area contributed by atoms with Gasteiger partial charge in [-0.3, -0.25) is 4.99 Å². The summed E-state index contributed by atoms with van der Waals surface area (Å²) in [5, 5.41) is 25.8. The number of hydrogen-bond acceptors (Lipinski definition) is 5. The Balaban J connectivity index is 1.93. The van der Waals surface area contributed by atoms with Crippen molar-refractivity contribution in [2.75, 3.05) is 0 Å². The zero-order valence-electron chi connectivity index (χ0n) is 15.2. The quantitative estimate of drug-likeness (QED) is 0.411. The van der Waals surface area contributed by atoms with E-state index in [-0.39, 0.29) is 11.5 Å². The molecule has 0 bridgehead atoms. The average molecular weight is 367 g/mol. The zero-order valence-corrected chi connectivity index (χ0v) is 15.2. The zero-order chi connectivity index (χ0) is 19.4. The minimum absolute atomic E-state index is 0.165. The van der Waals surface area contributed by atoms with Gasteiger partial charge < -0.3 is 15.3 Å². The second kappa shape index (κ2) is 7.86. The van der Waals surface area contributed by atoms with Crippen LogP contribution in [0.3, 0.4) is 0 Å². The van der Waals surface area contributed by atoms with Gasteiger partial charge in [-0.2, -0.15) is 0 Å². The number of hydrogen-bond donors (Lipinski definition) is 1. The second-order valence-electron chi connectivity index (χ2n) is 6.42. The molecule has 0 aliphatic heterocycles. The predicted molar refractivity (Wildman–Crippen MR) is 99.9 cm³/mol. The van der Waals surface area contributed by atoms with Crippen LogP contribution in [-0.4, -0.2) is 30.9 Å². The lowest BCUT2D eigenvalue weighted by Crippen LogP contribution is -2.24. The van der Waals surface area contributed by atoms with Crippen molar-refractivity contribution >= 4 is 5.82 Å². The van der Waals surface area contributed by atoms with Crippen molar-refractivity contribution in [2.24, 2.45) is 4.99 Å². The smallest absolute Gasteiger partial charge is 0.409 e. The van der Waals surface area contributed by atoms with Crippen LogP contribution in [0.2, 0.25) is 0 Å². The molecule has 0 saturated carbocycles. The van der Waals surface area contributed by atoms with Gasteiger partial charge in [-0.25, -0.2) is 0 Å². The van der Waals surface area contributed by atoms with Crippen LogP contribution >= 0.6 is 0 Å². The molecule has 1 heterocycles. The van der Waals surface area contributed by atoms with Crippen LogP contribution in [0.4, 0.5) is 5.82 Å². The molecule has 27 heavy (non-hydrogen) atoms. The van der Waals surface area contributed by atoms with Gasteiger partial charge in [-0.05, 0) is 59.7 Å². The highest BCUT2D eigenvalue weighted by atomic mass is 16.6. The summed E-state index contributed by atoms with van der Waals surface area (Å²) in [6.07, 6.45) is 1.48. The number of benzene rings is 2. The highest BCUT2D eigenvalue weighted by Crippen LogP contribution is 2.11. The molecule has 0 aliphatic rings. The summed E-state index contributed by atoms with van der Waals surface area (Å²) in [6, 6.07) is 16.9. The highest BCUT2D eigenvalue weighted by molar-refractivity contribution is 5.34. The largest absolute Gasteiger partial charge is 0.438 e. The maximum Gasteiger partial charge on any atom is 0.438 e. The van der Waals surface area contributed by atoms with Crippen LogP contribution in [0.25, 0.3) is 5.69 Å². The van der Waals surface area contributed by atoms with Crippen LogP contribution in [0.5, 0.6) is 0 Å². The first kappa shape index (κ1) is 18.4. The lowest BCUT2D eigenvalue weighted by atomic mass is 10.1. The highest BCUT2D eigenvalue weighted by Gasteiger charge is 2.24. The van der Waals surface area contributed by atoms with Crippen molar-refractivity contribution in [3.63, 3.8) is 0 Å². The van der Waals surface area contributed by atoms with E-state index in [1.165, 1.54) is 5.56 Å². The van der Waals surface area contributed by atoms with Crippen molar-refractivity contribution in [3.8, 4) is 5.69 Å². The summed E-state index contributed by atoms with van der Waals surface area (Å²) in [5.41, 5.74) is 2.46. The van der Waals surface area contributed by atoms with Crippen molar-refractivity contribution in [3.05, 3.63) is 81.3 Å². The molecule has 1 atom stereocenters. The Morgan fingerprint density at radius 2 is 1.96 bits per heavy atom. The topological polar surface area (TPSA) is 98.5 Å². The molecular weight excluding hydrogens is 346 g/mol. The summed E-state index contributed by atoms with van der Waals surface area (Å²) in [6.45, 7) is 3.75. The molecule has 8 heteroatoms. The van der Waals surface area contributed by atoms with Gasteiger partial charge in [-0.1, -0.05) is 47.3 Å². The Morgan fingerprint density at radius 1 is 1.22 bits per heavy atom. The minimum Gasteiger partial charge on any atom is -0.409 e. The first-order chi connectivity index (χ1) is 13.0. The van der Waals surface area contributed by atoms with Crippen LogP contribution in [0.1, 0.15) is 24.5 Å². The number of aromatic nitrogens is 3. The molecule has 0 radical (unpaired) electrons. The maximum absolute atomic E-state index is 11.4. The molecule has 8 nitrogen and oxygen atoms in total. The van der Waals surface area contributed by atoms with Gasteiger partial charge in [0.25, 0.3) is 5.49 Å². The summed E-state index contributed by atoms with van der Waals surface area (Å²) in [5.74, 6) is -0.481. The third kappa shape index (κ3) is 4.22. The van der Waals surface area contributed by atoms with Gasteiger partial charge >= 0.3 is 5.82 Å². The minimum atomic E-state index is -0.637. The molecule has 3 aromatic rings. The van der Waals surface area contributed by atoms with Crippen molar-refractivity contribution in [1.82, 2.24) is 14.7 Å². The Hall–Kier alpha value is -3.42. The maximum atomic E-state index is 11.4. The van der Waals surface area contributed by atoms with E-state index in [0.29, 0.717) is 17.0 Å². The van der Waals surface area contributed by atoms with Gasteiger partial charge in [0.1, 0.15) is 5.69 Å². The lowest BCUT2D eigenvalue weighted by molar-refractivity contribution is -0.391. The van der Waals surface area contributed by atoms with Gasteiger partial charge in [-0.15, -0.1) is 0 Å². The van der Waals surface area contributed by atoms with Gasteiger partial charge in [0.05, 0.1) is 11.1 Å². The number of aryl methyl sites for hydroxylation is 2. The molecule has 0 aliphatic carbocycles. The van der Waals surface area contributed by atoms with Crippen LogP contribution in [0.15, 0.2) is 59.6 Å². The summed E-state index contributed by atoms with van der Waals surface area (Å²) >= 11 is 0. The normalized spacial score (nSPS) is 12.9. The molecule has 0 spiro atoms. The molecule has 1 unspecified atom stereocenters. The molecule has 1 N–H and O–H groups in total. The molecule has 140 valence electrons. The molecule has 2 aromatic carbocycles. The molecule has 0 amide bonds. The van der Waals surface area contributed by atoms with Crippen LogP contribution in [-0.2, 0) is 6.42 Å². The van der Waals surface area contributed by atoms with E-state index in [9.17, 15) is 15.3 Å². The summed E-state index contributed by atoms with van der Waals surface area (Å²) < 4.78 is 0. The summed E-state index contributed by atoms with van der Waals surface area (Å²) in [7, 11) is 0. The Kier molecular flexibility index (Phi) is 5.35. The standard InChI is InChI=1S/C19H21N5O3/c1-14-7-6-10-17(13-14)22-21-19(24(26)27)18(23(22)25)20-15(2)11-12-16-8-4-3-5-9-16/h3-10,13,15,25H,11-12H2,1-2H3. The van der Waals surface area contributed by atoms with E-state index in [4.69, 9.17) is 0 Å².